The number of carbonyl (C=O) groups is 1. The maximum Gasteiger partial charge on any atom is 0.261 e. The lowest BCUT2D eigenvalue weighted by molar-refractivity contribution is 0.0927. The van der Waals surface area contributed by atoms with Crippen LogP contribution in [0.3, 0.4) is 0 Å². The molecule has 1 fully saturated rings. The van der Waals surface area contributed by atoms with Crippen LogP contribution in [0.2, 0.25) is 5.02 Å². The molecule has 2 N–H and O–H groups in total. The second-order valence-electron chi connectivity index (χ2n) is 6.42. The first-order valence-electron chi connectivity index (χ1n) is 8.64. The number of hydrogen-bond donors (Lipinski definition) is 2. The third-order valence-corrected chi connectivity index (χ3v) is 6.16. The first-order valence-corrected chi connectivity index (χ1v) is 10.5. The Morgan fingerprint density at radius 3 is 2.46 bits per heavy atom. The maximum atomic E-state index is 12.6. The molecule has 2 aromatic rings. The van der Waals surface area contributed by atoms with Crippen LogP contribution in [0.15, 0.2) is 53.4 Å². The predicted molar refractivity (Wildman–Crippen MR) is 103 cm³/mol. The van der Waals surface area contributed by atoms with Gasteiger partial charge in [0.1, 0.15) is 0 Å². The summed E-state index contributed by atoms with van der Waals surface area (Å²) in [6.07, 6.45) is 5.37. The molecule has 0 saturated heterocycles. The number of hydrogen-bond acceptors (Lipinski definition) is 3. The fourth-order valence-corrected chi connectivity index (χ4v) is 4.43. The van der Waals surface area contributed by atoms with E-state index in [9.17, 15) is 13.2 Å². The molecule has 1 aliphatic carbocycles. The highest BCUT2D eigenvalue weighted by Crippen LogP contribution is 2.24. The fourth-order valence-electron chi connectivity index (χ4n) is 3.07. The van der Waals surface area contributed by atoms with Gasteiger partial charge in [0.25, 0.3) is 15.9 Å². The van der Waals surface area contributed by atoms with E-state index in [0.717, 1.165) is 25.7 Å². The minimum atomic E-state index is -3.84. The quantitative estimate of drug-likeness (QED) is 0.800. The first-order chi connectivity index (χ1) is 12.5. The van der Waals surface area contributed by atoms with Crippen molar-refractivity contribution in [2.45, 2.75) is 43.0 Å². The summed E-state index contributed by atoms with van der Waals surface area (Å²) >= 11 is 6.02. The van der Waals surface area contributed by atoms with Gasteiger partial charge in [0.2, 0.25) is 0 Å². The van der Waals surface area contributed by atoms with Crippen molar-refractivity contribution in [3.8, 4) is 0 Å². The van der Waals surface area contributed by atoms with Gasteiger partial charge in [-0.2, -0.15) is 0 Å². The molecule has 1 saturated carbocycles. The van der Waals surface area contributed by atoms with Crippen LogP contribution in [0.5, 0.6) is 0 Å². The molecule has 0 radical (unpaired) electrons. The molecule has 0 bridgehead atoms. The van der Waals surface area contributed by atoms with E-state index in [1.165, 1.54) is 18.6 Å². The average molecular weight is 393 g/mol. The predicted octanol–water partition coefficient (Wildman–Crippen LogP) is 4.20. The van der Waals surface area contributed by atoms with E-state index in [2.05, 4.69) is 10.0 Å². The van der Waals surface area contributed by atoms with Crippen molar-refractivity contribution in [1.29, 1.82) is 0 Å². The van der Waals surface area contributed by atoms with E-state index in [1.807, 2.05) is 0 Å². The van der Waals surface area contributed by atoms with Crippen molar-refractivity contribution < 1.29 is 13.2 Å². The van der Waals surface area contributed by atoms with Crippen LogP contribution in [0.25, 0.3) is 0 Å². The summed E-state index contributed by atoms with van der Waals surface area (Å²) < 4.78 is 27.7. The molecule has 138 valence electrons. The van der Waals surface area contributed by atoms with Crippen LogP contribution in [0, 0.1) is 0 Å². The van der Waals surface area contributed by atoms with E-state index in [0.29, 0.717) is 16.3 Å². The lowest BCUT2D eigenvalue weighted by Gasteiger charge is -2.22. The molecule has 1 aliphatic rings. The molecule has 3 rings (SSSR count). The molecular weight excluding hydrogens is 372 g/mol. The van der Waals surface area contributed by atoms with Gasteiger partial charge in [-0.1, -0.05) is 49.1 Å². The van der Waals surface area contributed by atoms with Gasteiger partial charge in [0, 0.05) is 11.6 Å². The number of para-hydroxylation sites is 1. The molecule has 7 heteroatoms. The second kappa shape index (κ2) is 8.10. The van der Waals surface area contributed by atoms with Crippen LogP contribution < -0.4 is 10.0 Å². The van der Waals surface area contributed by atoms with Crippen LogP contribution in [0.4, 0.5) is 5.69 Å². The highest BCUT2D eigenvalue weighted by Gasteiger charge is 2.20. The number of carbonyl (C=O) groups excluding carboxylic acids is 1. The number of benzene rings is 2. The normalized spacial score (nSPS) is 15.4. The first kappa shape index (κ1) is 18.7. The van der Waals surface area contributed by atoms with E-state index in [1.54, 1.807) is 36.4 Å². The summed E-state index contributed by atoms with van der Waals surface area (Å²) in [6.45, 7) is 0. The van der Waals surface area contributed by atoms with Crippen molar-refractivity contribution >= 4 is 33.2 Å². The Labute approximate surface area is 158 Å². The van der Waals surface area contributed by atoms with Crippen LogP contribution >= 0.6 is 11.6 Å². The van der Waals surface area contributed by atoms with Crippen LogP contribution in [-0.4, -0.2) is 20.4 Å². The third-order valence-electron chi connectivity index (χ3n) is 4.47. The largest absolute Gasteiger partial charge is 0.349 e. The Morgan fingerprint density at radius 1 is 1.00 bits per heavy atom. The number of anilines is 1. The third kappa shape index (κ3) is 4.56. The Hall–Kier alpha value is -2.05. The highest BCUT2D eigenvalue weighted by molar-refractivity contribution is 7.92. The number of rotatable bonds is 5. The molecule has 2 aromatic carbocycles. The SMILES string of the molecule is O=C(NC1CCCCC1)c1cccc(S(=O)(=O)Nc2ccccc2Cl)c1. The van der Waals surface area contributed by atoms with Crippen LogP contribution in [-0.2, 0) is 10.0 Å². The summed E-state index contributed by atoms with van der Waals surface area (Å²) in [5.74, 6) is -0.244. The van der Waals surface area contributed by atoms with E-state index in [4.69, 9.17) is 11.6 Å². The van der Waals surface area contributed by atoms with E-state index in [-0.39, 0.29) is 16.8 Å². The second-order valence-corrected chi connectivity index (χ2v) is 8.51. The minimum absolute atomic E-state index is 0.0220. The Balaban J connectivity index is 1.77. The Kier molecular flexibility index (Phi) is 5.84. The van der Waals surface area contributed by atoms with Gasteiger partial charge in [-0.25, -0.2) is 8.42 Å². The molecule has 0 spiro atoms. The molecule has 0 atom stereocenters. The number of amides is 1. The van der Waals surface area contributed by atoms with Gasteiger partial charge >= 0.3 is 0 Å². The number of halogens is 1. The molecule has 0 aliphatic heterocycles. The molecular formula is C19H21ClN2O3S. The van der Waals surface area contributed by atoms with Crippen LogP contribution in [0.1, 0.15) is 42.5 Å². The zero-order valence-electron chi connectivity index (χ0n) is 14.2. The zero-order chi connectivity index (χ0) is 18.6. The topological polar surface area (TPSA) is 75.3 Å². The molecule has 0 heterocycles. The van der Waals surface area contributed by atoms with Gasteiger partial charge in [0.15, 0.2) is 0 Å². The van der Waals surface area contributed by atoms with Gasteiger partial charge < -0.3 is 5.32 Å². The number of sulfonamides is 1. The summed E-state index contributed by atoms with van der Waals surface area (Å²) in [5.41, 5.74) is 0.629. The Morgan fingerprint density at radius 2 is 1.73 bits per heavy atom. The lowest BCUT2D eigenvalue weighted by atomic mass is 9.95. The van der Waals surface area contributed by atoms with Crippen molar-refractivity contribution in [1.82, 2.24) is 5.32 Å². The average Bonchev–Trinajstić information content (AvgIpc) is 2.64. The summed E-state index contributed by atoms with van der Waals surface area (Å²) in [5, 5.41) is 3.31. The maximum absolute atomic E-state index is 12.6. The monoisotopic (exact) mass is 392 g/mol. The van der Waals surface area contributed by atoms with Gasteiger partial charge in [-0.15, -0.1) is 0 Å². The summed E-state index contributed by atoms with van der Waals surface area (Å²) in [6, 6.07) is 12.8. The molecule has 0 aromatic heterocycles. The number of nitrogens with one attached hydrogen (secondary N) is 2. The van der Waals surface area contributed by atoms with Crippen molar-refractivity contribution in [3.05, 3.63) is 59.1 Å². The smallest absolute Gasteiger partial charge is 0.261 e. The fraction of sp³-hybridized carbons (Fsp3) is 0.316. The van der Waals surface area contributed by atoms with E-state index >= 15 is 0 Å². The van der Waals surface area contributed by atoms with Gasteiger partial charge in [-0.3, -0.25) is 9.52 Å². The highest BCUT2D eigenvalue weighted by atomic mass is 35.5. The van der Waals surface area contributed by atoms with Crippen molar-refractivity contribution in [2.24, 2.45) is 0 Å². The van der Waals surface area contributed by atoms with Crippen molar-refractivity contribution in [2.75, 3.05) is 4.72 Å². The van der Waals surface area contributed by atoms with E-state index < -0.39 is 10.0 Å². The zero-order valence-corrected chi connectivity index (χ0v) is 15.8. The summed E-state index contributed by atoms with van der Waals surface area (Å²) in [4.78, 5) is 12.5. The molecule has 5 nitrogen and oxygen atoms in total. The standard InChI is InChI=1S/C19H21ClN2O3S/c20-17-11-4-5-12-18(17)22-26(24,25)16-10-6-7-14(13-16)19(23)21-15-8-2-1-3-9-15/h4-7,10-13,15,22H,1-3,8-9H2,(H,21,23). The van der Waals surface area contributed by atoms with Gasteiger partial charge in [-0.05, 0) is 43.2 Å². The molecule has 26 heavy (non-hydrogen) atoms. The molecule has 1 amide bonds. The lowest BCUT2D eigenvalue weighted by Crippen LogP contribution is -2.36. The molecule has 0 unspecified atom stereocenters. The van der Waals surface area contributed by atoms with Gasteiger partial charge in [0.05, 0.1) is 15.6 Å². The Bertz CT molecular complexity index is 893. The summed E-state index contributed by atoms with van der Waals surface area (Å²) in [7, 11) is -3.84. The van der Waals surface area contributed by atoms with Crippen molar-refractivity contribution in [3.63, 3.8) is 0 Å². The minimum Gasteiger partial charge on any atom is -0.349 e.